The van der Waals surface area contributed by atoms with Gasteiger partial charge >= 0.3 is 0 Å². The summed E-state index contributed by atoms with van der Waals surface area (Å²) in [5.74, 6) is 0.934. The van der Waals surface area contributed by atoms with Crippen molar-refractivity contribution in [2.75, 3.05) is 31.9 Å². The van der Waals surface area contributed by atoms with Crippen LogP contribution in [-0.4, -0.2) is 47.7 Å². The minimum atomic E-state index is 0.934. The highest BCUT2D eigenvalue weighted by Gasteiger charge is 2.19. The molecule has 0 aromatic carbocycles. The van der Waals surface area contributed by atoms with E-state index in [4.69, 9.17) is 0 Å². The molecule has 0 bridgehead atoms. The number of hydrogen-bond donors (Lipinski definition) is 1. The lowest BCUT2D eigenvalue weighted by molar-refractivity contribution is 0.362. The van der Waals surface area contributed by atoms with Crippen LogP contribution in [0.2, 0.25) is 0 Å². The Morgan fingerprint density at radius 1 is 1.24 bits per heavy atom. The largest absolute Gasteiger partial charge is 0.347 e. The first-order valence-electron chi connectivity index (χ1n) is 5.70. The zero-order valence-electron chi connectivity index (χ0n) is 9.43. The maximum Gasteiger partial charge on any atom is 0.186 e. The molecular formula is C11H14N4S2. The van der Waals surface area contributed by atoms with Crippen molar-refractivity contribution in [3.05, 3.63) is 22.4 Å². The molecule has 0 unspecified atom stereocenters. The van der Waals surface area contributed by atoms with Crippen LogP contribution in [0.1, 0.15) is 4.88 Å². The van der Waals surface area contributed by atoms with Crippen LogP contribution in [0.3, 0.4) is 0 Å². The van der Waals surface area contributed by atoms with Crippen LogP contribution in [0.4, 0.5) is 0 Å². The monoisotopic (exact) mass is 266 g/mol. The van der Waals surface area contributed by atoms with E-state index in [1.54, 1.807) is 23.1 Å². The van der Waals surface area contributed by atoms with Gasteiger partial charge in [0.25, 0.3) is 0 Å². The van der Waals surface area contributed by atoms with E-state index in [1.165, 1.54) is 4.88 Å². The predicted molar refractivity (Wildman–Crippen MR) is 75.2 cm³/mol. The minimum Gasteiger partial charge on any atom is -0.347 e. The highest BCUT2D eigenvalue weighted by Crippen LogP contribution is 2.20. The van der Waals surface area contributed by atoms with E-state index in [0.717, 1.165) is 42.8 Å². The van der Waals surface area contributed by atoms with Crippen molar-refractivity contribution in [3.8, 4) is 0 Å². The van der Waals surface area contributed by atoms with Gasteiger partial charge in [-0.3, -0.25) is 0 Å². The maximum absolute atomic E-state index is 4.36. The number of thioether (sulfide) groups is 1. The van der Waals surface area contributed by atoms with Gasteiger partial charge in [0.1, 0.15) is 0 Å². The van der Waals surface area contributed by atoms with Crippen molar-refractivity contribution in [3.63, 3.8) is 0 Å². The van der Waals surface area contributed by atoms with Gasteiger partial charge < -0.3 is 10.2 Å². The second-order valence-electron chi connectivity index (χ2n) is 3.93. The van der Waals surface area contributed by atoms with E-state index in [-0.39, 0.29) is 0 Å². The van der Waals surface area contributed by atoms with E-state index in [1.807, 2.05) is 0 Å². The predicted octanol–water partition coefficient (Wildman–Crippen LogP) is 1.46. The Morgan fingerprint density at radius 3 is 2.76 bits per heavy atom. The second-order valence-corrected chi connectivity index (χ2v) is 5.82. The summed E-state index contributed by atoms with van der Waals surface area (Å²) >= 11 is 3.53. The van der Waals surface area contributed by atoms with Gasteiger partial charge in [-0.25, -0.2) is 0 Å². The Labute approximate surface area is 109 Å². The zero-order valence-corrected chi connectivity index (χ0v) is 11.1. The Balaban J connectivity index is 1.73. The van der Waals surface area contributed by atoms with Gasteiger partial charge in [-0.15, -0.1) is 16.4 Å². The number of thiophene rings is 1. The highest BCUT2D eigenvalue weighted by molar-refractivity contribution is 8.14. The summed E-state index contributed by atoms with van der Waals surface area (Å²) in [6, 6.07) is 4.16. The summed E-state index contributed by atoms with van der Waals surface area (Å²) < 4.78 is 0. The Kier molecular flexibility index (Phi) is 3.44. The Bertz CT molecular complexity index is 432. The van der Waals surface area contributed by atoms with Crippen molar-refractivity contribution >= 4 is 34.0 Å². The summed E-state index contributed by atoms with van der Waals surface area (Å²) in [6.45, 7) is 4.16. The van der Waals surface area contributed by atoms with E-state index in [2.05, 4.69) is 37.9 Å². The topological polar surface area (TPSA) is 40.0 Å². The smallest absolute Gasteiger partial charge is 0.186 e. The highest BCUT2D eigenvalue weighted by atomic mass is 32.2. The normalized spacial score (nSPS) is 21.1. The van der Waals surface area contributed by atoms with Crippen LogP contribution in [0.5, 0.6) is 0 Å². The lowest BCUT2D eigenvalue weighted by Crippen LogP contribution is -2.46. The molecule has 17 heavy (non-hydrogen) atoms. The molecule has 0 aliphatic carbocycles. The number of amidine groups is 1. The average molecular weight is 266 g/mol. The molecule has 3 rings (SSSR count). The SMILES string of the molecule is c1csc(C2=NN=C(N3CCNCC3)SC2)c1. The standard InChI is InChI=1S/C11H14N4S2/c1-2-10(16-7-1)9-8-17-11(14-13-9)15-5-3-12-4-6-15/h1-2,7,12H,3-6,8H2. The van der Waals surface area contributed by atoms with E-state index in [9.17, 15) is 0 Å². The fourth-order valence-electron chi connectivity index (χ4n) is 1.87. The lowest BCUT2D eigenvalue weighted by atomic mass is 10.3. The lowest BCUT2D eigenvalue weighted by Gasteiger charge is -2.30. The number of rotatable bonds is 1. The molecule has 0 amide bonds. The molecule has 90 valence electrons. The fraction of sp³-hybridized carbons (Fsp3) is 0.455. The molecule has 0 spiro atoms. The van der Waals surface area contributed by atoms with Crippen molar-refractivity contribution in [2.24, 2.45) is 10.2 Å². The van der Waals surface area contributed by atoms with E-state index >= 15 is 0 Å². The number of nitrogens with zero attached hydrogens (tertiary/aromatic N) is 3. The molecule has 1 aromatic rings. The molecule has 2 aliphatic heterocycles. The van der Waals surface area contributed by atoms with Crippen LogP contribution >= 0.6 is 23.1 Å². The van der Waals surface area contributed by atoms with Crippen molar-refractivity contribution in [1.29, 1.82) is 0 Å². The molecule has 3 heterocycles. The Hall–Kier alpha value is -0.850. The summed E-state index contributed by atoms with van der Waals surface area (Å²) in [6.07, 6.45) is 0. The van der Waals surface area contributed by atoms with Crippen LogP contribution in [0, 0.1) is 0 Å². The van der Waals surface area contributed by atoms with Crippen molar-refractivity contribution in [2.45, 2.75) is 0 Å². The third kappa shape index (κ3) is 2.53. The Morgan fingerprint density at radius 2 is 2.12 bits per heavy atom. The molecule has 0 atom stereocenters. The van der Waals surface area contributed by atoms with E-state index in [0.29, 0.717) is 0 Å². The fourth-order valence-corrected chi connectivity index (χ4v) is 3.61. The third-order valence-electron chi connectivity index (χ3n) is 2.79. The second kappa shape index (κ2) is 5.20. The van der Waals surface area contributed by atoms with Gasteiger partial charge in [-0.05, 0) is 11.4 Å². The molecule has 4 nitrogen and oxygen atoms in total. The molecule has 1 aromatic heterocycles. The first kappa shape index (κ1) is 11.3. The van der Waals surface area contributed by atoms with Gasteiger partial charge in [0.2, 0.25) is 0 Å². The molecule has 0 radical (unpaired) electrons. The molecule has 1 N–H and O–H groups in total. The van der Waals surface area contributed by atoms with Gasteiger partial charge in [0, 0.05) is 31.9 Å². The molecule has 2 aliphatic rings. The van der Waals surface area contributed by atoms with Crippen LogP contribution in [0.25, 0.3) is 0 Å². The van der Waals surface area contributed by atoms with Crippen molar-refractivity contribution < 1.29 is 0 Å². The summed E-state index contributed by atoms with van der Waals surface area (Å²) in [5, 5.41) is 15.2. The average Bonchev–Trinajstić information content (AvgIpc) is 2.94. The molecule has 0 saturated carbocycles. The van der Waals surface area contributed by atoms with Crippen LogP contribution in [0.15, 0.2) is 27.7 Å². The quantitative estimate of drug-likeness (QED) is 0.836. The zero-order chi connectivity index (χ0) is 11.5. The molecular weight excluding hydrogens is 252 g/mol. The van der Waals surface area contributed by atoms with Crippen molar-refractivity contribution in [1.82, 2.24) is 10.2 Å². The number of nitrogens with one attached hydrogen (secondary N) is 1. The molecule has 6 heteroatoms. The third-order valence-corrected chi connectivity index (χ3v) is 4.72. The summed E-state index contributed by atoms with van der Waals surface area (Å²) in [7, 11) is 0. The van der Waals surface area contributed by atoms with Gasteiger partial charge in [0.05, 0.1) is 10.6 Å². The maximum atomic E-state index is 4.36. The van der Waals surface area contributed by atoms with E-state index < -0.39 is 0 Å². The molecule has 1 fully saturated rings. The number of piperazine rings is 1. The minimum absolute atomic E-state index is 0.934. The first-order valence-corrected chi connectivity index (χ1v) is 7.57. The van der Waals surface area contributed by atoms with Crippen LogP contribution in [-0.2, 0) is 0 Å². The number of hydrogen-bond acceptors (Lipinski definition) is 6. The van der Waals surface area contributed by atoms with Crippen LogP contribution < -0.4 is 5.32 Å². The summed E-state index contributed by atoms with van der Waals surface area (Å²) in [4.78, 5) is 3.55. The van der Waals surface area contributed by atoms with Gasteiger partial charge in [0.15, 0.2) is 5.17 Å². The first-order chi connectivity index (χ1) is 8.43. The van der Waals surface area contributed by atoms with Gasteiger partial charge in [-0.1, -0.05) is 17.8 Å². The van der Waals surface area contributed by atoms with Gasteiger partial charge in [-0.2, -0.15) is 5.10 Å². The summed E-state index contributed by atoms with van der Waals surface area (Å²) in [5.41, 5.74) is 1.10. The molecule has 1 saturated heterocycles.